The Kier molecular flexibility index (Phi) is 4.45. The number of nitrogens with zero attached hydrogens (tertiary/aromatic N) is 2. The maximum absolute atomic E-state index is 5.73. The molecule has 1 N–H and O–H groups in total. The Hall–Kier alpha value is -1.48. The average molecular weight is 250 g/mol. The van der Waals surface area contributed by atoms with Crippen molar-refractivity contribution in [2.75, 3.05) is 11.9 Å². The molecule has 0 atom stereocenters. The van der Waals surface area contributed by atoms with Crippen LogP contribution >= 0.6 is 11.6 Å². The summed E-state index contributed by atoms with van der Waals surface area (Å²) in [5, 5.41) is 3.38. The summed E-state index contributed by atoms with van der Waals surface area (Å²) in [6.45, 7) is 1.95. The van der Waals surface area contributed by atoms with E-state index >= 15 is 0 Å². The first-order valence-electron chi connectivity index (χ1n) is 5.73. The summed E-state index contributed by atoms with van der Waals surface area (Å²) < 4.78 is 2.08. The molecule has 0 radical (unpaired) electrons. The molecule has 17 heavy (non-hydrogen) atoms. The Bertz CT molecular complexity index is 422. The predicted octanol–water partition coefficient (Wildman–Crippen LogP) is 3.12. The molecule has 1 aromatic carbocycles. The molecule has 1 aromatic heterocycles. The van der Waals surface area contributed by atoms with Crippen LogP contribution in [0.5, 0.6) is 0 Å². The molecule has 4 heteroatoms. The van der Waals surface area contributed by atoms with Gasteiger partial charge in [0.1, 0.15) is 0 Å². The van der Waals surface area contributed by atoms with Crippen molar-refractivity contribution in [1.82, 2.24) is 9.55 Å². The molecular formula is C13H16ClN3. The Balaban J connectivity index is 1.70. The number of halogens is 1. The van der Waals surface area contributed by atoms with E-state index in [2.05, 4.69) is 27.0 Å². The highest BCUT2D eigenvalue weighted by atomic mass is 35.5. The number of aryl methyl sites for hydroxylation is 1. The molecule has 0 aliphatic heterocycles. The maximum atomic E-state index is 5.73. The Labute approximate surface area is 106 Å². The topological polar surface area (TPSA) is 29.9 Å². The zero-order valence-corrected chi connectivity index (χ0v) is 10.4. The molecule has 2 rings (SSSR count). The van der Waals surface area contributed by atoms with Gasteiger partial charge in [0.2, 0.25) is 0 Å². The van der Waals surface area contributed by atoms with Crippen LogP contribution in [-0.2, 0) is 12.4 Å². The molecule has 0 spiro atoms. The number of benzene rings is 1. The van der Waals surface area contributed by atoms with Crippen LogP contribution < -0.4 is 5.32 Å². The van der Waals surface area contributed by atoms with E-state index in [0.717, 1.165) is 30.8 Å². The third kappa shape index (κ3) is 3.79. The molecule has 2 aromatic rings. The van der Waals surface area contributed by atoms with E-state index in [0.29, 0.717) is 5.88 Å². The van der Waals surface area contributed by atoms with Gasteiger partial charge in [-0.1, -0.05) is 12.1 Å². The Morgan fingerprint density at radius 1 is 1.24 bits per heavy atom. The number of anilines is 1. The lowest BCUT2D eigenvalue weighted by atomic mass is 10.2. The average Bonchev–Trinajstić information content (AvgIpc) is 2.88. The van der Waals surface area contributed by atoms with E-state index in [1.54, 1.807) is 6.20 Å². The maximum Gasteiger partial charge on any atom is 0.0945 e. The van der Waals surface area contributed by atoms with Crippen LogP contribution in [0.2, 0.25) is 0 Å². The lowest BCUT2D eigenvalue weighted by Crippen LogP contribution is -2.05. The van der Waals surface area contributed by atoms with Gasteiger partial charge in [-0.15, -0.1) is 11.6 Å². The van der Waals surface area contributed by atoms with Gasteiger partial charge in [-0.3, -0.25) is 0 Å². The molecule has 0 aliphatic carbocycles. The molecule has 1 heterocycles. The number of alkyl halides is 1. The second-order valence-corrected chi connectivity index (χ2v) is 4.18. The van der Waals surface area contributed by atoms with Crippen LogP contribution in [0.4, 0.5) is 5.69 Å². The molecular weight excluding hydrogens is 234 g/mol. The van der Waals surface area contributed by atoms with Crippen molar-refractivity contribution in [3.8, 4) is 0 Å². The van der Waals surface area contributed by atoms with Crippen LogP contribution in [-0.4, -0.2) is 16.1 Å². The van der Waals surface area contributed by atoms with E-state index < -0.39 is 0 Å². The standard InChI is InChI=1S/C13H16ClN3/c14-10-12-2-4-13(5-3-12)16-6-1-8-17-9-7-15-11-17/h2-5,7,9,11,16H,1,6,8,10H2. The molecule has 0 saturated heterocycles. The molecule has 0 bridgehead atoms. The third-order valence-corrected chi connectivity index (χ3v) is 2.90. The number of hydrogen-bond donors (Lipinski definition) is 1. The van der Waals surface area contributed by atoms with Crippen molar-refractivity contribution >= 4 is 17.3 Å². The van der Waals surface area contributed by atoms with Gasteiger partial charge in [0.05, 0.1) is 6.33 Å². The first kappa shape index (κ1) is 12.0. The minimum absolute atomic E-state index is 0.570. The summed E-state index contributed by atoms with van der Waals surface area (Å²) >= 11 is 5.73. The summed E-state index contributed by atoms with van der Waals surface area (Å²) in [6, 6.07) is 8.22. The minimum Gasteiger partial charge on any atom is -0.385 e. The van der Waals surface area contributed by atoms with Crippen molar-refractivity contribution in [2.45, 2.75) is 18.8 Å². The Morgan fingerprint density at radius 3 is 2.71 bits per heavy atom. The smallest absolute Gasteiger partial charge is 0.0945 e. The summed E-state index contributed by atoms with van der Waals surface area (Å²) in [5.41, 5.74) is 2.29. The fourth-order valence-electron chi connectivity index (χ4n) is 1.63. The van der Waals surface area contributed by atoms with Crippen LogP contribution in [0.3, 0.4) is 0 Å². The largest absolute Gasteiger partial charge is 0.385 e. The number of rotatable bonds is 6. The fourth-order valence-corrected chi connectivity index (χ4v) is 1.80. The van der Waals surface area contributed by atoms with Gasteiger partial charge in [0.25, 0.3) is 0 Å². The minimum atomic E-state index is 0.570. The van der Waals surface area contributed by atoms with Gasteiger partial charge in [0, 0.05) is 37.1 Å². The Morgan fingerprint density at radius 2 is 2.06 bits per heavy atom. The number of imidazole rings is 1. The molecule has 0 aliphatic rings. The van der Waals surface area contributed by atoms with Crippen LogP contribution in [0, 0.1) is 0 Å². The van der Waals surface area contributed by atoms with Crippen molar-refractivity contribution in [1.29, 1.82) is 0 Å². The lowest BCUT2D eigenvalue weighted by Gasteiger charge is -2.07. The van der Waals surface area contributed by atoms with Crippen LogP contribution in [0.15, 0.2) is 43.0 Å². The predicted molar refractivity (Wildman–Crippen MR) is 71.3 cm³/mol. The van der Waals surface area contributed by atoms with Gasteiger partial charge >= 0.3 is 0 Å². The first-order valence-corrected chi connectivity index (χ1v) is 6.26. The fraction of sp³-hybridized carbons (Fsp3) is 0.308. The highest BCUT2D eigenvalue weighted by Crippen LogP contribution is 2.11. The number of hydrogen-bond acceptors (Lipinski definition) is 2. The number of aromatic nitrogens is 2. The summed E-state index contributed by atoms with van der Waals surface area (Å²) in [7, 11) is 0. The molecule has 3 nitrogen and oxygen atoms in total. The summed E-state index contributed by atoms with van der Waals surface area (Å²) in [4.78, 5) is 4.01. The van der Waals surface area contributed by atoms with Crippen LogP contribution in [0.1, 0.15) is 12.0 Å². The van der Waals surface area contributed by atoms with E-state index in [-0.39, 0.29) is 0 Å². The van der Waals surface area contributed by atoms with Crippen molar-refractivity contribution in [3.05, 3.63) is 48.5 Å². The van der Waals surface area contributed by atoms with Gasteiger partial charge < -0.3 is 9.88 Å². The SMILES string of the molecule is ClCc1ccc(NCCCn2ccnc2)cc1. The summed E-state index contributed by atoms with van der Waals surface area (Å²) in [6.07, 6.45) is 6.70. The van der Waals surface area contributed by atoms with Gasteiger partial charge in [-0.05, 0) is 24.1 Å². The van der Waals surface area contributed by atoms with Crippen molar-refractivity contribution in [3.63, 3.8) is 0 Å². The monoisotopic (exact) mass is 249 g/mol. The highest BCUT2D eigenvalue weighted by molar-refractivity contribution is 6.17. The highest BCUT2D eigenvalue weighted by Gasteiger charge is 1.94. The van der Waals surface area contributed by atoms with Crippen molar-refractivity contribution < 1.29 is 0 Å². The normalized spacial score (nSPS) is 10.4. The van der Waals surface area contributed by atoms with Crippen molar-refractivity contribution in [2.24, 2.45) is 0 Å². The first-order chi connectivity index (χ1) is 8.38. The van der Waals surface area contributed by atoms with E-state index in [1.165, 1.54) is 0 Å². The quantitative estimate of drug-likeness (QED) is 0.630. The second-order valence-electron chi connectivity index (χ2n) is 3.91. The lowest BCUT2D eigenvalue weighted by molar-refractivity contribution is 0.661. The molecule has 0 saturated carbocycles. The molecule has 90 valence electrons. The molecule has 0 amide bonds. The van der Waals surface area contributed by atoms with Gasteiger partial charge in [0.15, 0.2) is 0 Å². The van der Waals surface area contributed by atoms with Crippen LogP contribution in [0.25, 0.3) is 0 Å². The van der Waals surface area contributed by atoms with E-state index in [4.69, 9.17) is 11.6 Å². The van der Waals surface area contributed by atoms with Gasteiger partial charge in [-0.2, -0.15) is 0 Å². The molecule has 0 unspecified atom stereocenters. The van der Waals surface area contributed by atoms with E-state index in [1.807, 2.05) is 24.7 Å². The molecule has 0 fully saturated rings. The second kappa shape index (κ2) is 6.30. The number of nitrogens with one attached hydrogen (secondary N) is 1. The van der Waals surface area contributed by atoms with Gasteiger partial charge in [-0.25, -0.2) is 4.98 Å². The van der Waals surface area contributed by atoms with E-state index in [9.17, 15) is 0 Å². The summed E-state index contributed by atoms with van der Waals surface area (Å²) in [5.74, 6) is 0.570. The third-order valence-electron chi connectivity index (χ3n) is 2.59. The zero-order valence-electron chi connectivity index (χ0n) is 9.64. The zero-order chi connectivity index (χ0) is 11.9.